The minimum absolute atomic E-state index is 0.290. The SMILES string of the molecule is CC(C)c1nnc2c(CC(C)c3cccc4ccnn34)ccnn12. The fraction of sp³-hybridized carbons (Fsp3) is 0.333. The normalized spacial score (nSPS) is 13.2. The van der Waals surface area contributed by atoms with Gasteiger partial charge in [0, 0.05) is 35.5 Å². The molecule has 0 aliphatic carbocycles. The van der Waals surface area contributed by atoms with Crippen LogP contribution >= 0.6 is 0 Å². The molecule has 0 radical (unpaired) electrons. The molecular formula is C18H20N6. The number of rotatable bonds is 4. The fourth-order valence-electron chi connectivity index (χ4n) is 3.17. The molecule has 0 N–H and O–H groups in total. The van der Waals surface area contributed by atoms with Crippen molar-refractivity contribution >= 4 is 11.2 Å². The monoisotopic (exact) mass is 320 g/mol. The Morgan fingerprint density at radius 3 is 2.54 bits per heavy atom. The molecule has 0 bridgehead atoms. The van der Waals surface area contributed by atoms with Crippen LogP contribution in [0.1, 0.15) is 49.7 Å². The lowest BCUT2D eigenvalue weighted by molar-refractivity contribution is 0.686. The molecule has 4 heterocycles. The molecule has 24 heavy (non-hydrogen) atoms. The summed E-state index contributed by atoms with van der Waals surface area (Å²) in [5.74, 6) is 1.49. The Hall–Kier alpha value is -2.76. The first-order valence-corrected chi connectivity index (χ1v) is 8.27. The number of aromatic nitrogens is 6. The number of fused-ring (bicyclic) bond motifs is 2. The Morgan fingerprint density at radius 1 is 0.917 bits per heavy atom. The summed E-state index contributed by atoms with van der Waals surface area (Å²) in [6.07, 6.45) is 4.53. The summed E-state index contributed by atoms with van der Waals surface area (Å²) in [6, 6.07) is 10.3. The van der Waals surface area contributed by atoms with Gasteiger partial charge in [-0.2, -0.15) is 14.7 Å². The van der Waals surface area contributed by atoms with Gasteiger partial charge in [-0.15, -0.1) is 10.2 Å². The van der Waals surface area contributed by atoms with Crippen molar-refractivity contribution in [3.05, 3.63) is 59.8 Å². The first kappa shape index (κ1) is 14.8. The van der Waals surface area contributed by atoms with Crippen LogP contribution in [0.25, 0.3) is 11.2 Å². The van der Waals surface area contributed by atoms with Crippen LogP contribution < -0.4 is 0 Å². The molecule has 1 unspecified atom stereocenters. The van der Waals surface area contributed by atoms with E-state index in [2.05, 4.69) is 59.4 Å². The molecule has 0 aliphatic rings. The van der Waals surface area contributed by atoms with Crippen molar-refractivity contribution in [1.29, 1.82) is 0 Å². The molecule has 0 amide bonds. The van der Waals surface area contributed by atoms with Crippen LogP contribution in [-0.2, 0) is 6.42 Å². The Bertz CT molecular complexity index is 997. The number of hydrogen-bond acceptors (Lipinski definition) is 4. The minimum atomic E-state index is 0.290. The molecule has 0 aliphatic heterocycles. The van der Waals surface area contributed by atoms with E-state index in [4.69, 9.17) is 0 Å². The van der Waals surface area contributed by atoms with E-state index in [0.29, 0.717) is 5.92 Å². The summed E-state index contributed by atoms with van der Waals surface area (Å²) >= 11 is 0. The van der Waals surface area contributed by atoms with Crippen LogP contribution in [0.5, 0.6) is 0 Å². The van der Waals surface area contributed by atoms with Gasteiger partial charge in [0.2, 0.25) is 0 Å². The fourth-order valence-corrected chi connectivity index (χ4v) is 3.17. The minimum Gasteiger partial charge on any atom is -0.238 e. The zero-order valence-electron chi connectivity index (χ0n) is 14.1. The molecule has 0 saturated heterocycles. The van der Waals surface area contributed by atoms with Gasteiger partial charge in [-0.05, 0) is 30.7 Å². The van der Waals surface area contributed by atoms with Crippen LogP contribution in [0.15, 0.2) is 42.7 Å². The summed E-state index contributed by atoms with van der Waals surface area (Å²) in [7, 11) is 0. The maximum absolute atomic E-state index is 4.44. The molecule has 4 rings (SSSR count). The van der Waals surface area contributed by atoms with Crippen molar-refractivity contribution < 1.29 is 0 Å². The smallest absolute Gasteiger partial charge is 0.181 e. The second-order valence-corrected chi connectivity index (χ2v) is 6.53. The number of nitrogens with zero attached hydrogens (tertiary/aromatic N) is 6. The lowest BCUT2D eigenvalue weighted by Gasteiger charge is -2.14. The summed E-state index contributed by atoms with van der Waals surface area (Å²) in [5.41, 5.74) is 4.31. The highest BCUT2D eigenvalue weighted by molar-refractivity contribution is 5.49. The second kappa shape index (κ2) is 5.70. The van der Waals surface area contributed by atoms with Gasteiger partial charge in [-0.1, -0.05) is 26.8 Å². The molecule has 122 valence electrons. The van der Waals surface area contributed by atoms with Crippen LogP contribution in [0, 0.1) is 0 Å². The maximum Gasteiger partial charge on any atom is 0.181 e. The van der Waals surface area contributed by atoms with Gasteiger partial charge >= 0.3 is 0 Å². The molecule has 4 aromatic rings. The third kappa shape index (κ3) is 2.35. The molecule has 4 aromatic heterocycles. The standard InChI is InChI=1S/C18H20N6/c1-12(2)17-21-22-18-14(7-9-20-24(17)18)11-13(3)16-6-4-5-15-8-10-19-23(15)16/h4-10,12-13H,11H2,1-3H3. The van der Waals surface area contributed by atoms with Crippen LogP contribution in [0.4, 0.5) is 0 Å². The Kier molecular flexibility index (Phi) is 3.52. The van der Waals surface area contributed by atoms with E-state index in [0.717, 1.165) is 29.0 Å². The largest absolute Gasteiger partial charge is 0.238 e. The van der Waals surface area contributed by atoms with Crippen LogP contribution in [0.3, 0.4) is 0 Å². The summed E-state index contributed by atoms with van der Waals surface area (Å²) < 4.78 is 3.87. The highest BCUT2D eigenvalue weighted by Crippen LogP contribution is 2.23. The molecule has 1 atom stereocenters. The van der Waals surface area contributed by atoms with E-state index in [9.17, 15) is 0 Å². The van der Waals surface area contributed by atoms with E-state index >= 15 is 0 Å². The Labute approximate surface area is 140 Å². The zero-order chi connectivity index (χ0) is 16.7. The van der Waals surface area contributed by atoms with Gasteiger partial charge in [-0.3, -0.25) is 0 Å². The number of hydrogen-bond donors (Lipinski definition) is 0. The Morgan fingerprint density at radius 2 is 1.71 bits per heavy atom. The third-order valence-corrected chi connectivity index (χ3v) is 4.41. The molecular weight excluding hydrogens is 300 g/mol. The molecule has 0 aromatic carbocycles. The third-order valence-electron chi connectivity index (χ3n) is 4.41. The van der Waals surface area contributed by atoms with Crippen molar-refractivity contribution in [3.8, 4) is 0 Å². The average molecular weight is 320 g/mol. The summed E-state index contributed by atoms with van der Waals surface area (Å²) in [4.78, 5) is 0. The average Bonchev–Trinajstić information content (AvgIpc) is 3.21. The van der Waals surface area contributed by atoms with E-state index in [-0.39, 0.29) is 5.92 Å². The van der Waals surface area contributed by atoms with Crippen molar-refractivity contribution in [2.24, 2.45) is 0 Å². The van der Waals surface area contributed by atoms with Crippen molar-refractivity contribution in [2.45, 2.75) is 39.0 Å². The molecule has 0 fully saturated rings. The van der Waals surface area contributed by atoms with Crippen molar-refractivity contribution in [1.82, 2.24) is 29.4 Å². The molecule has 0 spiro atoms. The van der Waals surface area contributed by atoms with Gasteiger partial charge in [-0.25, -0.2) is 4.52 Å². The van der Waals surface area contributed by atoms with Gasteiger partial charge in [0.1, 0.15) is 0 Å². The highest BCUT2D eigenvalue weighted by atomic mass is 15.4. The first-order valence-electron chi connectivity index (χ1n) is 8.27. The predicted molar refractivity (Wildman–Crippen MR) is 92.2 cm³/mol. The second-order valence-electron chi connectivity index (χ2n) is 6.53. The van der Waals surface area contributed by atoms with Gasteiger partial charge in [0.05, 0.1) is 5.52 Å². The first-order chi connectivity index (χ1) is 11.6. The van der Waals surface area contributed by atoms with Gasteiger partial charge < -0.3 is 0 Å². The topological polar surface area (TPSA) is 60.4 Å². The van der Waals surface area contributed by atoms with Gasteiger partial charge in [0.15, 0.2) is 11.5 Å². The van der Waals surface area contributed by atoms with E-state index < -0.39 is 0 Å². The van der Waals surface area contributed by atoms with Gasteiger partial charge in [0.25, 0.3) is 0 Å². The van der Waals surface area contributed by atoms with Crippen molar-refractivity contribution in [2.75, 3.05) is 0 Å². The van der Waals surface area contributed by atoms with E-state index in [1.54, 1.807) is 0 Å². The maximum atomic E-state index is 4.44. The summed E-state index contributed by atoms with van der Waals surface area (Å²) in [5, 5.41) is 17.5. The molecule has 6 heteroatoms. The van der Waals surface area contributed by atoms with Crippen LogP contribution in [-0.4, -0.2) is 29.4 Å². The van der Waals surface area contributed by atoms with E-state index in [1.807, 2.05) is 33.6 Å². The van der Waals surface area contributed by atoms with E-state index in [1.165, 1.54) is 5.69 Å². The number of pyridine rings is 1. The quantitative estimate of drug-likeness (QED) is 0.579. The zero-order valence-corrected chi connectivity index (χ0v) is 14.1. The summed E-state index contributed by atoms with van der Waals surface area (Å²) in [6.45, 7) is 6.42. The highest BCUT2D eigenvalue weighted by Gasteiger charge is 2.17. The lowest BCUT2D eigenvalue weighted by atomic mass is 9.98. The lowest BCUT2D eigenvalue weighted by Crippen LogP contribution is -2.08. The molecule has 6 nitrogen and oxygen atoms in total. The Balaban J connectivity index is 1.73. The predicted octanol–water partition coefficient (Wildman–Crippen LogP) is 3.24. The van der Waals surface area contributed by atoms with Crippen molar-refractivity contribution in [3.63, 3.8) is 0 Å². The molecule has 0 saturated carbocycles. The van der Waals surface area contributed by atoms with Crippen LogP contribution in [0.2, 0.25) is 0 Å².